The van der Waals surface area contributed by atoms with Crippen LogP contribution in [0.4, 0.5) is 0 Å². The third-order valence-electron chi connectivity index (χ3n) is 3.26. The molecule has 0 saturated carbocycles. The molecule has 0 radical (unpaired) electrons. The highest BCUT2D eigenvalue weighted by molar-refractivity contribution is 7.09. The van der Waals surface area contributed by atoms with Gasteiger partial charge in [-0.2, -0.15) is 5.10 Å². The fourth-order valence-electron chi connectivity index (χ4n) is 2.29. The van der Waals surface area contributed by atoms with E-state index in [0.717, 1.165) is 11.1 Å². The van der Waals surface area contributed by atoms with Crippen molar-refractivity contribution in [3.05, 3.63) is 45.9 Å². The first kappa shape index (κ1) is 14.7. The molecule has 0 atom stereocenters. The molecule has 3 aromatic rings. The van der Waals surface area contributed by atoms with Gasteiger partial charge in [-0.25, -0.2) is 9.67 Å². The molecule has 1 amide bonds. The molecule has 0 unspecified atom stereocenters. The van der Waals surface area contributed by atoms with E-state index in [1.165, 1.54) is 4.88 Å². The molecule has 2 N–H and O–H groups in total. The summed E-state index contributed by atoms with van der Waals surface area (Å²) in [5, 5.41) is 18.6. The average Bonchev–Trinajstić information content (AvgIpc) is 3.15. The van der Waals surface area contributed by atoms with Gasteiger partial charge in [-0.05, 0) is 24.4 Å². The van der Waals surface area contributed by atoms with Crippen molar-refractivity contribution in [2.24, 2.45) is 0 Å². The Morgan fingerprint density at radius 3 is 3.09 bits per heavy atom. The van der Waals surface area contributed by atoms with Gasteiger partial charge in [0.15, 0.2) is 5.65 Å². The summed E-state index contributed by atoms with van der Waals surface area (Å²) in [6.07, 6.45) is 1.67. The van der Waals surface area contributed by atoms with Crippen molar-refractivity contribution in [2.45, 2.75) is 13.5 Å². The topological polar surface area (TPSA) is 80.0 Å². The first-order valence-electron chi connectivity index (χ1n) is 6.93. The van der Waals surface area contributed by atoms with Gasteiger partial charge in [-0.1, -0.05) is 6.07 Å². The quantitative estimate of drug-likeness (QED) is 0.749. The van der Waals surface area contributed by atoms with E-state index in [9.17, 15) is 4.79 Å². The van der Waals surface area contributed by atoms with E-state index in [0.29, 0.717) is 17.8 Å². The number of aliphatic hydroxyl groups excluding tert-OH is 1. The summed E-state index contributed by atoms with van der Waals surface area (Å²) in [5.41, 5.74) is 1.99. The predicted octanol–water partition coefficient (Wildman–Crippen LogP) is 1.57. The molecule has 3 aromatic heterocycles. The Hall–Kier alpha value is -2.25. The molecule has 0 aromatic carbocycles. The van der Waals surface area contributed by atoms with Crippen LogP contribution in [0.25, 0.3) is 11.0 Å². The maximum absolute atomic E-state index is 12.2. The number of thiophene rings is 1. The van der Waals surface area contributed by atoms with Gasteiger partial charge in [0.05, 0.1) is 30.3 Å². The number of aryl methyl sites for hydroxylation is 1. The molecule has 22 heavy (non-hydrogen) atoms. The minimum absolute atomic E-state index is 0.0867. The lowest BCUT2D eigenvalue weighted by Crippen LogP contribution is -2.26. The fourth-order valence-corrected chi connectivity index (χ4v) is 2.98. The Morgan fingerprint density at radius 1 is 1.50 bits per heavy atom. The van der Waals surface area contributed by atoms with Gasteiger partial charge in [0, 0.05) is 17.1 Å². The molecule has 0 aliphatic carbocycles. The summed E-state index contributed by atoms with van der Waals surface area (Å²) in [5.74, 6) is -0.222. The maximum Gasteiger partial charge on any atom is 0.252 e. The summed E-state index contributed by atoms with van der Waals surface area (Å²) in [6.45, 7) is 2.63. The Kier molecular flexibility index (Phi) is 4.17. The number of hydrogen-bond acceptors (Lipinski definition) is 5. The van der Waals surface area contributed by atoms with Crippen LogP contribution >= 0.6 is 11.3 Å². The Balaban J connectivity index is 2.00. The van der Waals surface area contributed by atoms with Crippen molar-refractivity contribution in [1.29, 1.82) is 0 Å². The molecule has 0 aliphatic heterocycles. The number of hydrogen-bond donors (Lipinski definition) is 2. The molecular weight excluding hydrogens is 300 g/mol. The van der Waals surface area contributed by atoms with Crippen molar-refractivity contribution < 1.29 is 9.90 Å². The highest BCUT2D eigenvalue weighted by atomic mass is 32.1. The number of carbonyl (C=O) groups is 1. The molecule has 0 aliphatic rings. The summed E-state index contributed by atoms with van der Waals surface area (Å²) in [6, 6.07) is 5.78. The lowest BCUT2D eigenvalue weighted by Gasteiger charge is -2.07. The summed E-state index contributed by atoms with van der Waals surface area (Å²) in [4.78, 5) is 17.9. The molecule has 114 valence electrons. The third-order valence-corrected chi connectivity index (χ3v) is 4.13. The van der Waals surface area contributed by atoms with Crippen molar-refractivity contribution >= 4 is 28.3 Å². The average molecular weight is 316 g/mol. The number of fused-ring (bicyclic) bond motifs is 1. The van der Waals surface area contributed by atoms with Crippen LogP contribution < -0.4 is 5.32 Å². The van der Waals surface area contributed by atoms with Crippen LogP contribution in [0.2, 0.25) is 0 Å². The zero-order valence-corrected chi connectivity index (χ0v) is 12.9. The summed E-state index contributed by atoms with van der Waals surface area (Å²) in [7, 11) is 0. The smallest absolute Gasteiger partial charge is 0.252 e. The molecule has 0 saturated heterocycles. The number of aliphatic hydroxyl groups is 1. The molecule has 3 rings (SSSR count). The fraction of sp³-hybridized carbons (Fsp3) is 0.267. The molecule has 3 heterocycles. The van der Waals surface area contributed by atoms with Crippen molar-refractivity contribution in [3.63, 3.8) is 0 Å². The molecule has 0 bridgehead atoms. The second-order valence-electron chi connectivity index (χ2n) is 4.91. The highest BCUT2D eigenvalue weighted by Crippen LogP contribution is 2.20. The number of nitrogens with one attached hydrogen (secondary N) is 1. The maximum atomic E-state index is 12.2. The second-order valence-corrected chi connectivity index (χ2v) is 5.94. The molecule has 0 spiro atoms. The van der Waals surface area contributed by atoms with Crippen LogP contribution in [0, 0.1) is 6.92 Å². The summed E-state index contributed by atoms with van der Waals surface area (Å²) >= 11 is 1.66. The van der Waals surface area contributed by atoms with E-state index in [2.05, 4.69) is 15.4 Å². The van der Waals surface area contributed by atoms with E-state index in [4.69, 9.17) is 5.11 Å². The Morgan fingerprint density at radius 2 is 2.36 bits per heavy atom. The standard InChI is InChI=1S/C15H16N4O2S/c1-10-7-12(15(21)16-4-5-20)13-8-17-19(14(13)18-10)9-11-3-2-6-22-11/h2-3,6-8,20H,4-5,9H2,1H3,(H,16,21). The van der Waals surface area contributed by atoms with Gasteiger partial charge in [0.1, 0.15) is 0 Å². The van der Waals surface area contributed by atoms with Gasteiger partial charge in [-0.15, -0.1) is 11.3 Å². The highest BCUT2D eigenvalue weighted by Gasteiger charge is 2.15. The lowest BCUT2D eigenvalue weighted by atomic mass is 10.1. The predicted molar refractivity (Wildman–Crippen MR) is 85.1 cm³/mol. The van der Waals surface area contributed by atoms with Gasteiger partial charge in [-0.3, -0.25) is 4.79 Å². The van der Waals surface area contributed by atoms with E-state index >= 15 is 0 Å². The van der Waals surface area contributed by atoms with Crippen molar-refractivity contribution in [2.75, 3.05) is 13.2 Å². The van der Waals surface area contributed by atoms with Crippen LogP contribution in [0.1, 0.15) is 20.9 Å². The zero-order valence-electron chi connectivity index (χ0n) is 12.1. The number of carbonyl (C=O) groups excluding carboxylic acids is 1. The SMILES string of the molecule is Cc1cc(C(=O)NCCO)c2cnn(Cc3cccs3)c2n1. The molecule has 7 heteroatoms. The normalized spacial score (nSPS) is 11.0. The Bertz CT molecular complexity index is 795. The van der Waals surface area contributed by atoms with E-state index in [1.807, 2.05) is 24.4 Å². The van der Waals surface area contributed by atoms with E-state index in [1.54, 1.807) is 28.3 Å². The minimum atomic E-state index is -0.222. The van der Waals surface area contributed by atoms with Crippen LogP contribution in [-0.2, 0) is 6.54 Å². The molecule has 0 fully saturated rings. The first-order valence-corrected chi connectivity index (χ1v) is 7.81. The van der Waals surface area contributed by atoms with E-state index < -0.39 is 0 Å². The van der Waals surface area contributed by atoms with Crippen LogP contribution in [0.15, 0.2) is 29.8 Å². The molecule has 6 nitrogen and oxygen atoms in total. The van der Waals surface area contributed by atoms with Crippen molar-refractivity contribution in [1.82, 2.24) is 20.1 Å². The van der Waals surface area contributed by atoms with Gasteiger partial charge in [0.25, 0.3) is 5.91 Å². The Labute approximate surface area is 131 Å². The first-order chi connectivity index (χ1) is 10.7. The molecular formula is C15H16N4O2S. The van der Waals surface area contributed by atoms with E-state index in [-0.39, 0.29) is 19.1 Å². The monoisotopic (exact) mass is 316 g/mol. The largest absolute Gasteiger partial charge is 0.395 e. The van der Waals surface area contributed by atoms with Crippen molar-refractivity contribution in [3.8, 4) is 0 Å². The van der Waals surface area contributed by atoms with Crippen LogP contribution in [-0.4, -0.2) is 38.9 Å². The van der Waals surface area contributed by atoms with Gasteiger partial charge < -0.3 is 10.4 Å². The lowest BCUT2D eigenvalue weighted by molar-refractivity contribution is 0.0946. The third kappa shape index (κ3) is 2.86. The number of rotatable bonds is 5. The van der Waals surface area contributed by atoms with Crippen LogP contribution in [0.5, 0.6) is 0 Å². The van der Waals surface area contributed by atoms with Gasteiger partial charge >= 0.3 is 0 Å². The van der Waals surface area contributed by atoms with Crippen LogP contribution in [0.3, 0.4) is 0 Å². The number of nitrogens with zero attached hydrogens (tertiary/aromatic N) is 3. The number of pyridine rings is 1. The number of amides is 1. The van der Waals surface area contributed by atoms with Gasteiger partial charge in [0.2, 0.25) is 0 Å². The second kappa shape index (κ2) is 6.25. The minimum Gasteiger partial charge on any atom is -0.395 e. The summed E-state index contributed by atoms with van der Waals surface area (Å²) < 4.78 is 1.80. The zero-order chi connectivity index (χ0) is 15.5. The number of aromatic nitrogens is 3.